The Bertz CT molecular complexity index is 437. The highest BCUT2D eigenvalue weighted by atomic mass is 16.3. The fourth-order valence-electron chi connectivity index (χ4n) is 1.94. The van der Waals surface area contributed by atoms with Crippen LogP contribution in [0.1, 0.15) is 29.7 Å². The van der Waals surface area contributed by atoms with Crippen LogP contribution in [0.15, 0.2) is 47.3 Å². The molecule has 1 aromatic heterocycles. The second-order valence-corrected chi connectivity index (χ2v) is 3.71. The summed E-state index contributed by atoms with van der Waals surface area (Å²) in [6.07, 6.45) is 4.37. The molecule has 0 spiro atoms. The molecule has 2 rings (SSSR count). The zero-order valence-corrected chi connectivity index (χ0v) is 9.31. The number of rotatable bonds is 4. The van der Waals surface area contributed by atoms with Gasteiger partial charge >= 0.3 is 0 Å². The van der Waals surface area contributed by atoms with Gasteiger partial charge in [0.15, 0.2) is 0 Å². The highest BCUT2D eigenvalue weighted by Crippen LogP contribution is 2.24. The Morgan fingerprint density at radius 1 is 1.31 bits per heavy atom. The molecule has 3 N–H and O–H groups in total. The van der Waals surface area contributed by atoms with Gasteiger partial charge in [-0.05, 0) is 23.6 Å². The first-order valence-corrected chi connectivity index (χ1v) is 5.42. The highest BCUT2D eigenvalue weighted by Gasteiger charge is 2.15. The third kappa shape index (κ3) is 2.01. The molecule has 1 heterocycles. The maximum Gasteiger partial charge on any atom is 0.0954 e. The smallest absolute Gasteiger partial charge is 0.0954 e. The van der Waals surface area contributed by atoms with Crippen molar-refractivity contribution in [2.24, 2.45) is 5.84 Å². The minimum absolute atomic E-state index is 0.00472. The summed E-state index contributed by atoms with van der Waals surface area (Å²) in [5.74, 6) is 5.63. The van der Waals surface area contributed by atoms with Crippen molar-refractivity contribution in [2.75, 3.05) is 0 Å². The Balaban J connectivity index is 2.41. The van der Waals surface area contributed by atoms with Crippen molar-refractivity contribution in [3.8, 4) is 0 Å². The van der Waals surface area contributed by atoms with E-state index in [2.05, 4.69) is 24.5 Å². The van der Waals surface area contributed by atoms with E-state index in [-0.39, 0.29) is 6.04 Å². The van der Waals surface area contributed by atoms with Crippen LogP contribution < -0.4 is 11.3 Å². The quantitative estimate of drug-likeness (QED) is 0.609. The van der Waals surface area contributed by atoms with E-state index in [0.717, 1.165) is 12.0 Å². The van der Waals surface area contributed by atoms with Crippen LogP contribution in [0.5, 0.6) is 0 Å². The van der Waals surface area contributed by atoms with Gasteiger partial charge in [0.2, 0.25) is 0 Å². The van der Waals surface area contributed by atoms with Gasteiger partial charge < -0.3 is 4.42 Å². The third-order valence-electron chi connectivity index (χ3n) is 2.79. The van der Waals surface area contributed by atoms with E-state index in [1.54, 1.807) is 12.5 Å². The van der Waals surface area contributed by atoms with Crippen LogP contribution in [0, 0.1) is 0 Å². The van der Waals surface area contributed by atoms with E-state index in [9.17, 15) is 0 Å². The van der Waals surface area contributed by atoms with Crippen LogP contribution in [0.3, 0.4) is 0 Å². The van der Waals surface area contributed by atoms with Gasteiger partial charge in [-0.3, -0.25) is 5.84 Å². The lowest BCUT2D eigenvalue weighted by Crippen LogP contribution is -2.29. The number of nitrogens with one attached hydrogen (secondary N) is 1. The summed E-state index contributed by atoms with van der Waals surface area (Å²) < 4.78 is 5.10. The molecule has 0 aliphatic rings. The summed E-state index contributed by atoms with van der Waals surface area (Å²) >= 11 is 0. The van der Waals surface area contributed by atoms with Gasteiger partial charge in [0, 0.05) is 5.56 Å². The first-order valence-electron chi connectivity index (χ1n) is 5.42. The summed E-state index contributed by atoms with van der Waals surface area (Å²) in [6, 6.07) is 10.2. The highest BCUT2D eigenvalue weighted by molar-refractivity contribution is 5.36. The normalized spacial score (nSPS) is 12.6. The lowest BCUT2D eigenvalue weighted by Gasteiger charge is -2.17. The fourth-order valence-corrected chi connectivity index (χ4v) is 1.94. The molecule has 84 valence electrons. The number of hydrogen-bond donors (Lipinski definition) is 2. The fraction of sp³-hybridized carbons (Fsp3) is 0.231. The van der Waals surface area contributed by atoms with Crippen LogP contribution in [-0.2, 0) is 6.42 Å². The number of aryl methyl sites for hydroxylation is 1. The minimum Gasteiger partial charge on any atom is -0.472 e. The molecule has 16 heavy (non-hydrogen) atoms. The first kappa shape index (κ1) is 10.9. The van der Waals surface area contributed by atoms with Gasteiger partial charge in [-0.25, -0.2) is 5.43 Å². The molecule has 0 bridgehead atoms. The Labute approximate surface area is 95.2 Å². The summed E-state index contributed by atoms with van der Waals surface area (Å²) in [4.78, 5) is 0. The van der Waals surface area contributed by atoms with Gasteiger partial charge in [0.1, 0.15) is 0 Å². The van der Waals surface area contributed by atoms with Crippen molar-refractivity contribution in [3.05, 3.63) is 59.5 Å². The molecule has 3 nitrogen and oxygen atoms in total. The average Bonchev–Trinajstić information content (AvgIpc) is 2.84. The van der Waals surface area contributed by atoms with Crippen molar-refractivity contribution in [2.45, 2.75) is 19.4 Å². The topological polar surface area (TPSA) is 51.2 Å². The summed E-state index contributed by atoms with van der Waals surface area (Å²) in [5.41, 5.74) is 6.38. The summed E-state index contributed by atoms with van der Waals surface area (Å²) in [5, 5.41) is 0. The molecular weight excluding hydrogens is 200 g/mol. The Hall–Kier alpha value is -1.58. The number of nitrogens with two attached hydrogens (primary N) is 1. The van der Waals surface area contributed by atoms with Gasteiger partial charge in [0.05, 0.1) is 18.6 Å². The predicted molar refractivity (Wildman–Crippen MR) is 63.7 cm³/mol. The molecule has 3 heteroatoms. The Morgan fingerprint density at radius 2 is 2.12 bits per heavy atom. The maximum atomic E-state index is 5.63. The van der Waals surface area contributed by atoms with Crippen molar-refractivity contribution in [1.82, 2.24) is 5.43 Å². The molecule has 1 unspecified atom stereocenters. The summed E-state index contributed by atoms with van der Waals surface area (Å²) in [6.45, 7) is 2.14. The van der Waals surface area contributed by atoms with Crippen molar-refractivity contribution in [3.63, 3.8) is 0 Å². The standard InChI is InChI=1S/C13H16N2O/c1-2-10-5-3-4-6-12(10)13(15-14)11-7-8-16-9-11/h3-9,13,15H,2,14H2,1H3. The van der Waals surface area contributed by atoms with Crippen LogP contribution >= 0.6 is 0 Å². The molecule has 0 aliphatic heterocycles. The van der Waals surface area contributed by atoms with E-state index in [4.69, 9.17) is 10.3 Å². The van der Waals surface area contributed by atoms with E-state index < -0.39 is 0 Å². The van der Waals surface area contributed by atoms with Gasteiger partial charge in [-0.1, -0.05) is 31.2 Å². The van der Waals surface area contributed by atoms with E-state index in [0.29, 0.717) is 0 Å². The van der Waals surface area contributed by atoms with Crippen LogP contribution in [0.4, 0.5) is 0 Å². The van der Waals surface area contributed by atoms with Crippen molar-refractivity contribution in [1.29, 1.82) is 0 Å². The SMILES string of the molecule is CCc1ccccc1C(NN)c1ccoc1. The Morgan fingerprint density at radius 3 is 2.75 bits per heavy atom. The van der Waals surface area contributed by atoms with Crippen LogP contribution in [0.2, 0.25) is 0 Å². The third-order valence-corrected chi connectivity index (χ3v) is 2.79. The molecule has 0 aliphatic carbocycles. The largest absolute Gasteiger partial charge is 0.472 e. The predicted octanol–water partition coefficient (Wildman–Crippen LogP) is 2.39. The van der Waals surface area contributed by atoms with Gasteiger partial charge in [-0.2, -0.15) is 0 Å². The van der Waals surface area contributed by atoms with Crippen LogP contribution in [0.25, 0.3) is 0 Å². The van der Waals surface area contributed by atoms with Gasteiger partial charge in [0.25, 0.3) is 0 Å². The second kappa shape index (κ2) is 4.96. The lowest BCUT2D eigenvalue weighted by atomic mass is 9.95. The van der Waals surface area contributed by atoms with Crippen LogP contribution in [-0.4, -0.2) is 0 Å². The van der Waals surface area contributed by atoms with E-state index in [1.807, 2.05) is 18.2 Å². The zero-order chi connectivity index (χ0) is 11.4. The molecule has 0 saturated heterocycles. The molecular formula is C13H16N2O. The molecule has 0 saturated carbocycles. The minimum atomic E-state index is -0.00472. The van der Waals surface area contributed by atoms with Crippen molar-refractivity contribution >= 4 is 0 Å². The van der Waals surface area contributed by atoms with E-state index in [1.165, 1.54) is 11.1 Å². The molecule has 0 radical (unpaired) electrons. The molecule has 0 fully saturated rings. The molecule has 0 amide bonds. The number of benzene rings is 1. The van der Waals surface area contributed by atoms with Gasteiger partial charge in [-0.15, -0.1) is 0 Å². The van der Waals surface area contributed by atoms with E-state index >= 15 is 0 Å². The maximum absolute atomic E-state index is 5.63. The second-order valence-electron chi connectivity index (χ2n) is 3.71. The summed E-state index contributed by atoms with van der Waals surface area (Å²) in [7, 11) is 0. The first-order chi connectivity index (χ1) is 7.86. The lowest BCUT2D eigenvalue weighted by molar-refractivity contribution is 0.552. The number of hydrazine groups is 1. The molecule has 1 atom stereocenters. The number of hydrogen-bond acceptors (Lipinski definition) is 3. The molecule has 1 aromatic carbocycles. The van der Waals surface area contributed by atoms with Crippen molar-refractivity contribution < 1.29 is 4.42 Å². The molecule has 2 aromatic rings. The number of furan rings is 1. The average molecular weight is 216 g/mol. The monoisotopic (exact) mass is 216 g/mol. The zero-order valence-electron chi connectivity index (χ0n) is 9.31. The Kier molecular flexibility index (Phi) is 3.39.